The van der Waals surface area contributed by atoms with Crippen LogP contribution in [0.5, 0.6) is 5.75 Å². The minimum absolute atomic E-state index is 0.213. The molecule has 33 heavy (non-hydrogen) atoms. The molecule has 4 aromatic rings. The highest BCUT2D eigenvalue weighted by Crippen LogP contribution is 2.25. The number of anilines is 1. The molecule has 0 aliphatic heterocycles. The van der Waals surface area contributed by atoms with Crippen LogP contribution in [-0.4, -0.2) is 27.3 Å². The van der Waals surface area contributed by atoms with Crippen molar-refractivity contribution in [1.29, 1.82) is 5.26 Å². The normalized spacial score (nSPS) is 10.7. The molecule has 0 unspecified atom stereocenters. The molecule has 0 aliphatic carbocycles. The first-order valence-electron chi connectivity index (χ1n) is 10.8. The minimum atomic E-state index is -0.213. The molecule has 0 fully saturated rings. The van der Waals surface area contributed by atoms with Gasteiger partial charge in [0.05, 0.1) is 18.3 Å². The second kappa shape index (κ2) is 9.53. The predicted molar refractivity (Wildman–Crippen MR) is 128 cm³/mol. The summed E-state index contributed by atoms with van der Waals surface area (Å²) in [5, 5.41) is 17.8. The van der Waals surface area contributed by atoms with Crippen molar-refractivity contribution in [3.8, 4) is 17.6 Å². The minimum Gasteiger partial charge on any atom is -0.494 e. The van der Waals surface area contributed by atoms with E-state index in [0.717, 1.165) is 33.3 Å². The van der Waals surface area contributed by atoms with Crippen LogP contribution in [0.25, 0.3) is 16.7 Å². The van der Waals surface area contributed by atoms with Gasteiger partial charge >= 0.3 is 0 Å². The number of nitrogens with one attached hydrogen (secondary N) is 1. The molecule has 0 saturated carbocycles. The van der Waals surface area contributed by atoms with Crippen LogP contribution in [0.3, 0.4) is 0 Å². The van der Waals surface area contributed by atoms with Gasteiger partial charge in [-0.05, 0) is 56.5 Å². The summed E-state index contributed by atoms with van der Waals surface area (Å²) in [4.78, 5) is 17.4. The van der Waals surface area contributed by atoms with E-state index in [-0.39, 0.29) is 17.9 Å². The number of benzene rings is 2. The maximum Gasteiger partial charge on any atom is 0.225 e. The predicted octanol–water partition coefficient (Wildman–Crippen LogP) is 5.02. The number of nitriles is 1. The van der Waals surface area contributed by atoms with Gasteiger partial charge in [0.25, 0.3) is 0 Å². The second-order valence-electron chi connectivity index (χ2n) is 8.01. The van der Waals surface area contributed by atoms with Crippen molar-refractivity contribution in [2.24, 2.45) is 0 Å². The van der Waals surface area contributed by atoms with E-state index in [9.17, 15) is 10.1 Å². The summed E-state index contributed by atoms with van der Waals surface area (Å²) >= 11 is 0. The third kappa shape index (κ3) is 4.85. The molecule has 2 aromatic heterocycles. The zero-order chi connectivity index (χ0) is 23.4. The lowest BCUT2D eigenvalue weighted by atomic mass is 10.1. The van der Waals surface area contributed by atoms with E-state index in [1.165, 1.54) is 10.9 Å². The van der Waals surface area contributed by atoms with Crippen LogP contribution in [0.2, 0.25) is 0 Å². The second-order valence-corrected chi connectivity index (χ2v) is 8.01. The molecular weight excluding hydrogens is 414 g/mol. The summed E-state index contributed by atoms with van der Waals surface area (Å²) < 4.78 is 7.20. The zero-order valence-electron chi connectivity index (χ0n) is 18.9. The molecule has 1 N–H and O–H groups in total. The average Bonchev–Trinajstić information content (AvgIpc) is 3.21. The smallest absolute Gasteiger partial charge is 0.225 e. The number of fused-ring (bicyclic) bond motifs is 1. The molecule has 0 bridgehead atoms. The van der Waals surface area contributed by atoms with Crippen LogP contribution >= 0.6 is 0 Å². The van der Waals surface area contributed by atoms with E-state index >= 15 is 0 Å². The van der Waals surface area contributed by atoms with Gasteiger partial charge in [0.2, 0.25) is 5.91 Å². The monoisotopic (exact) mass is 439 g/mol. The summed E-state index contributed by atoms with van der Waals surface area (Å²) in [6.45, 7) is 6.45. The topological polar surface area (TPSA) is 92.8 Å². The SMILES string of the molecule is Cc1ccc(OCCCC(=O)Nc2c(C#N)cnn2-c2cc(C)c3cccc(C)c3n2)cc1. The Hall–Kier alpha value is -4.18. The quantitative estimate of drug-likeness (QED) is 0.408. The van der Waals surface area contributed by atoms with Crippen LogP contribution in [0.1, 0.15) is 35.1 Å². The van der Waals surface area contributed by atoms with Crippen molar-refractivity contribution in [2.75, 3.05) is 11.9 Å². The summed E-state index contributed by atoms with van der Waals surface area (Å²) in [6.07, 6.45) is 2.24. The van der Waals surface area contributed by atoms with Crippen LogP contribution in [-0.2, 0) is 4.79 Å². The number of pyridine rings is 1. The van der Waals surface area contributed by atoms with Crippen LogP contribution < -0.4 is 10.1 Å². The summed E-state index contributed by atoms with van der Waals surface area (Å²) in [6, 6.07) is 17.8. The first-order valence-corrected chi connectivity index (χ1v) is 10.8. The van der Waals surface area contributed by atoms with Gasteiger partial charge in [-0.3, -0.25) is 4.79 Å². The Balaban J connectivity index is 1.49. The number of carbonyl (C=O) groups is 1. The van der Waals surface area contributed by atoms with Gasteiger partial charge in [0.1, 0.15) is 17.4 Å². The lowest BCUT2D eigenvalue weighted by Crippen LogP contribution is -2.17. The fourth-order valence-electron chi connectivity index (χ4n) is 3.63. The summed E-state index contributed by atoms with van der Waals surface area (Å²) in [5.41, 5.74) is 4.40. The van der Waals surface area contributed by atoms with Gasteiger partial charge in [0.15, 0.2) is 11.6 Å². The van der Waals surface area contributed by atoms with E-state index in [1.807, 2.05) is 69.3 Å². The highest BCUT2D eigenvalue weighted by atomic mass is 16.5. The fraction of sp³-hybridized carbons (Fsp3) is 0.231. The molecule has 7 heteroatoms. The van der Waals surface area contributed by atoms with Gasteiger partial charge in [0, 0.05) is 11.8 Å². The zero-order valence-corrected chi connectivity index (χ0v) is 18.9. The number of nitrogens with zero attached hydrogens (tertiary/aromatic N) is 4. The fourth-order valence-corrected chi connectivity index (χ4v) is 3.63. The Morgan fingerprint density at radius 2 is 1.91 bits per heavy atom. The van der Waals surface area contributed by atoms with E-state index < -0.39 is 0 Å². The van der Waals surface area contributed by atoms with Gasteiger partial charge in [-0.1, -0.05) is 35.9 Å². The van der Waals surface area contributed by atoms with Gasteiger partial charge < -0.3 is 10.1 Å². The van der Waals surface area contributed by atoms with Crippen molar-refractivity contribution in [3.05, 3.63) is 77.0 Å². The average molecular weight is 440 g/mol. The highest BCUT2D eigenvalue weighted by molar-refractivity contribution is 5.91. The van der Waals surface area contributed by atoms with E-state index in [4.69, 9.17) is 9.72 Å². The molecule has 2 heterocycles. The number of hydrogen-bond acceptors (Lipinski definition) is 5. The molecule has 2 aromatic carbocycles. The molecule has 0 atom stereocenters. The number of aryl methyl sites for hydroxylation is 3. The molecular formula is C26H25N5O2. The number of amides is 1. The highest BCUT2D eigenvalue weighted by Gasteiger charge is 2.17. The largest absolute Gasteiger partial charge is 0.494 e. The molecule has 0 aliphatic rings. The third-order valence-corrected chi connectivity index (χ3v) is 5.44. The van der Waals surface area contributed by atoms with Crippen molar-refractivity contribution in [1.82, 2.24) is 14.8 Å². The van der Waals surface area contributed by atoms with Crippen molar-refractivity contribution >= 4 is 22.6 Å². The van der Waals surface area contributed by atoms with E-state index in [1.54, 1.807) is 0 Å². The Labute approximate surface area is 192 Å². The van der Waals surface area contributed by atoms with Crippen LogP contribution in [0.15, 0.2) is 54.7 Å². The van der Waals surface area contributed by atoms with Gasteiger partial charge in [-0.2, -0.15) is 15.0 Å². The van der Waals surface area contributed by atoms with E-state index in [0.29, 0.717) is 24.7 Å². The Kier molecular flexibility index (Phi) is 6.36. The number of rotatable bonds is 7. The van der Waals surface area contributed by atoms with Crippen LogP contribution in [0.4, 0.5) is 5.82 Å². The lowest BCUT2D eigenvalue weighted by molar-refractivity contribution is -0.116. The Morgan fingerprint density at radius 1 is 1.12 bits per heavy atom. The number of hydrogen-bond donors (Lipinski definition) is 1. The molecule has 4 rings (SSSR count). The first kappa shape index (κ1) is 22.0. The Bertz CT molecular complexity index is 1350. The third-order valence-electron chi connectivity index (χ3n) is 5.44. The van der Waals surface area contributed by atoms with Crippen molar-refractivity contribution in [3.63, 3.8) is 0 Å². The molecule has 166 valence electrons. The van der Waals surface area contributed by atoms with Crippen molar-refractivity contribution in [2.45, 2.75) is 33.6 Å². The maximum absolute atomic E-state index is 12.6. The van der Waals surface area contributed by atoms with E-state index in [2.05, 4.69) is 16.5 Å². The van der Waals surface area contributed by atoms with Gasteiger partial charge in [-0.25, -0.2) is 4.98 Å². The lowest BCUT2D eigenvalue weighted by Gasteiger charge is -2.12. The number of para-hydroxylation sites is 1. The van der Waals surface area contributed by atoms with Crippen LogP contribution in [0, 0.1) is 32.1 Å². The molecule has 1 amide bonds. The first-order chi connectivity index (χ1) is 16.0. The summed E-state index contributed by atoms with van der Waals surface area (Å²) in [5.74, 6) is 1.43. The van der Waals surface area contributed by atoms with Gasteiger partial charge in [-0.15, -0.1) is 0 Å². The van der Waals surface area contributed by atoms with Crippen molar-refractivity contribution < 1.29 is 9.53 Å². The molecule has 7 nitrogen and oxygen atoms in total. The number of carbonyl (C=O) groups excluding carboxylic acids is 1. The number of aromatic nitrogens is 3. The Morgan fingerprint density at radius 3 is 2.67 bits per heavy atom. The molecule has 0 radical (unpaired) electrons. The molecule has 0 spiro atoms. The molecule has 0 saturated heterocycles. The standard InChI is InChI=1S/C26H25N5O2/c1-17-9-11-21(12-10-17)33-13-5-8-24(32)30-26-20(15-27)16-28-31(26)23-14-19(3)22-7-4-6-18(2)25(22)29-23/h4,6-7,9-12,14,16H,5,8,13H2,1-3H3,(H,30,32). The summed E-state index contributed by atoms with van der Waals surface area (Å²) in [7, 11) is 0. The number of ether oxygens (including phenoxy) is 1. The maximum atomic E-state index is 12.6.